The highest BCUT2D eigenvalue weighted by Crippen LogP contribution is 2.25. The Balaban J connectivity index is 2.60. The third-order valence-corrected chi connectivity index (χ3v) is 2.27. The summed E-state index contributed by atoms with van der Waals surface area (Å²) >= 11 is 0. The Labute approximate surface area is 79.2 Å². The molecule has 3 aromatic rings. The SMILES string of the molecule is Oc1cc2ccc3ncncc3c2[nH]1. The summed E-state index contributed by atoms with van der Waals surface area (Å²) in [5.74, 6) is 0.163. The van der Waals surface area contributed by atoms with Crippen molar-refractivity contribution in [2.75, 3.05) is 0 Å². The average Bonchev–Trinajstić information content (AvgIpc) is 2.59. The van der Waals surface area contributed by atoms with E-state index >= 15 is 0 Å². The van der Waals surface area contributed by atoms with Crippen LogP contribution in [0.25, 0.3) is 21.8 Å². The van der Waals surface area contributed by atoms with Gasteiger partial charge in [0.1, 0.15) is 6.33 Å². The average molecular weight is 185 g/mol. The van der Waals surface area contributed by atoms with E-state index in [0.29, 0.717) is 0 Å². The minimum atomic E-state index is 0.163. The first kappa shape index (κ1) is 7.32. The summed E-state index contributed by atoms with van der Waals surface area (Å²) in [6.07, 6.45) is 3.25. The molecule has 3 rings (SSSR count). The predicted octanol–water partition coefficient (Wildman–Crippen LogP) is 1.82. The summed E-state index contributed by atoms with van der Waals surface area (Å²) in [4.78, 5) is 11.0. The summed E-state index contributed by atoms with van der Waals surface area (Å²) < 4.78 is 0. The van der Waals surface area contributed by atoms with E-state index in [2.05, 4.69) is 15.0 Å². The number of fused-ring (bicyclic) bond motifs is 3. The van der Waals surface area contributed by atoms with Crippen molar-refractivity contribution in [2.24, 2.45) is 0 Å². The van der Waals surface area contributed by atoms with Gasteiger partial charge in [-0.25, -0.2) is 9.97 Å². The van der Waals surface area contributed by atoms with Gasteiger partial charge in [-0.05, 0) is 6.07 Å². The lowest BCUT2D eigenvalue weighted by atomic mass is 10.2. The standard InChI is InChI=1S/C10H7N3O/c14-9-3-6-1-2-8-7(10(6)13-9)4-11-5-12-8/h1-5,13-14H. The van der Waals surface area contributed by atoms with Crippen LogP contribution in [0, 0.1) is 0 Å². The maximum atomic E-state index is 9.32. The Morgan fingerprint density at radius 2 is 2.21 bits per heavy atom. The van der Waals surface area contributed by atoms with E-state index in [1.54, 1.807) is 12.3 Å². The van der Waals surface area contributed by atoms with Gasteiger partial charge in [0, 0.05) is 23.0 Å². The molecule has 2 N–H and O–H groups in total. The first-order valence-electron chi connectivity index (χ1n) is 4.25. The summed E-state index contributed by atoms with van der Waals surface area (Å²) in [5, 5.41) is 11.2. The van der Waals surface area contributed by atoms with Gasteiger partial charge in [0.25, 0.3) is 0 Å². The molecule has 0 radical (unpaired) electrons. The number of aromatic hydroxyl groups is 1. The molecule has 0 bridgehead atoms. The zero-order chi connectivity index (χ0) is 9.54. The molecule has 2 aromatic heterocycles. The molecular weight excluding hydrogens is 178 g/mol. The third-order valence-electron chi connectivity index (χ3n) is 2.27. The second-order valence-electron chi connectivity index (χ2n) is 3.14. The molecule has 0 spiro atoms. The van der Waals surface area contributed by atoms with E-state index in [9.17, 15) is 5.11 Å². The van der Waals surface area contributed by atoms with Gasteiger partial charge in [-0.2, -0.15) is 0 Å². The molecule has 0 aliphatic heterocycles. The van der Waals surface area contributed by atoms with Crippen LogP contribution in [0.1, 0.15) is 0 Å². The number of benzene rings is 1. The molecule has 0 saturated heterocycles. The van der Waals surface area contributed by atoms with Crippen molar-refractivity contribution in [3.63, 3.8) is 0 Å². The van der Waals surface area contributed by atoms with E-state index in [0.717, 1.165) is 21.8 Å². The quantitative estimate of drug-likeness (QED) is 0.561. The fraction of sp³-hybridized carbons (Fsp3) is 0. The van der Waals surface area contributed by atoms with Gasteiger partial charge in [-0.3, -0.25) is 0 Å². The fourth-order valence-corrected chi connectivity index (χ4v) is 1.64. The first-order valence-corrected chi connectivity index (χ1v) is 4.25. The fourth-order valence-electron chi connectivity index (χ4n) is 1.64. The number of hydrogen-bond acceptors (Lipinski definition) is 3. The Hall–Kier alpha value is -2.10. The van der Waals surface area contributed by atoms with Gasteiger partial charge in [0.05, 0.1) is 11.0 Å². The first-order chi connectivity index (χ1) is 6.84. The van der Waals surface area contributed by atoms with Crippen molar-refractivity contribution in [2.45, 2.75) is 0 Å². The number of rotatable bonds is 0. The zero-order valence-electron chi connectivity index (χ0n) is 7.23. The molecule has 0 aliphatic rings. The Morgan fingerprint density at radius 3 is 3.14 bits per heavy atom. The van der Waals surface area contributed by atoms with E-state index in [4.69, 9.17) is 0 Å². The topological polar surface area (TPSA) is 61.8 Å². The van der Waals surface area contributed by atoms with Crippen LogP contribution in [0.3, 0.4) is 0 Å². The van der Waals surface area contributed by atoms with Crippen molar-refractivity contribution in [1.29, 1.82) is 0 Å². The van der Waals surface area contributed by atoms with Crippen LogP contribution in [-0.4, -0.2) is 20.1 Å². The molecule has 4 nitrogen and oxygen atoms in total. The Bertz CT molecular complexity index is 615. The molecular formula is C10H7N3O. The van der Waals surface area contributed by atoms with Crippen molar-refractivity contribution in [3.8, 4) is 5.88 Å². The van der Waals surface area contributed by atoms with E-state index < -0.39 is 0 Å². The van der Waals surface area contributed by atoms with Gasteiger partial charge >= 0.3 is 0 Å². The number of aromatic nitrogens is 3. The molecule has 14 heavy (non-hydrogen) atoms. The minimum Gasteiger partial charge on any atom is -0.495 e. The highest BCUT2D eigenvalue weighted by Gasteiger charge is 2.03. The van der Waals surface area contributed by atoms with Crippen LogP contribution >= 0.6 is 0 Å². The molecule has 68 valence electrons. The monoisotopic (exact) mass is 185 g/mol. The van der Waals surface area contributed by atoms with Gasteiger partial charge < -0.3 is 10.1 Å². The zero-order valence-corrected chi connectivity index (χ0v) is 7.23. The van der Waals surface area contributed by atoms with Crippen LogP contribution in [0.5, 0.6) is 5.88 Å². The lowest BCUT2D eigenvalue weighted by molar-refractivity contribution is 0.458. The molecule has 2 heterocycles. The van der Waals surface area contributed by atoms with Crippen LogP contribution in [0.15, 0.2) is 30.7 Å². The normalized spacial score (nSPS) is 11.1. The number of H-pyrrole nitrogens is 1. The van der Waals surface area contributed by atoms with E-state index in [1.807, 2.05) is 12.1 Å². The lowest BCUT2D eigenvalue weighted by Crippen LogP contribution is -1.81. The van der Waals surface area contributed by atoms with Crippen LogP contribution in [0.4, 0.5) is 0 Å². The maximum Gasteiger partial charge on any atom is 0.189 e. The molecule has 0 amide bonds. The van der Waals surface area contributed by atoms with Crippen LogP contribution < -0.4 is 0 Å². The lowest BCUT2D eigenvalue weighted by Gasteiger charge is -1.96. The summed E-state index contributed by atoms with van der Waals surface area (Å²) in [6, 6.07) is 5.51. The molecule has 0 aliphatic carbocycles. The predicted molar refractivity (Wildman–Crippen MR) is 53.1 cm³/mol. The van der Waals surface area contributed by atoms with E-state index in [-0.39, 0.29) is 5.88 Å². The Kier molecular flexibility index (Phi) is 1.28. The van der Waals surface area contributed by atoms with Crippen LogP contribution in [-0.2, 0) is 0 Å². The third kappa shape index (κ3) is 0.877. The molecule has 1 aromatic carbocycles. The van der Waals surface area contributed by atoms with Gasteiger partial charge in [0.2, 0.25) is 0 Å². The molecule has 0 saturated carbocycles. The second kappa shape index (κ2) is 2.45. The maximum absolute atomic E-state index is 9.32. The van der Waals surface area contributed by atoms with Gasteiger partial charge in [0.15, 0.2) is 5.88 Å². The van der Waals surface area contributed by atoms with Gasteiger partial charge in [-0.1, -0.05) is 6.07 Å². The van der Waals surface area contributed by atoms with Crippen molar-refractivity contribution in [3.05, 3.63) is 30.7 Å². The summed E-state index contributed by atoms with van der Waals surface area (Å²) in [5.41, 5.74) is 1.75. The van der Waals surface area contributed by atoms with Gasteiger partial charge in [-0.15, -0.1) is 0 Å². The number of aromatic amines is 1. The molecule has 0 atom stereocenters. The van der Waals surface area contributed by atoms with Crippen LogP contribution in [0.2, 0.25) is 0 Å². The summed E-state index contributed by atoms with van der Waals surface area (Å²) in [6.45, 7) is 0. The highest BCUT2D eigenvalue weighted by molar-refractivity contribution is 6.04. The van der Waals surface area contributed by atoms with Crippen molar-refractivity contribution < 1.29 is 5.11 Å². The second-order valence-corrected chi connectivity index (χ2v) is 3.14. The summed E-state index contributed by atoms with van der Waals surface area (Å²) in [7, 11) is 0. The molecule has 0 unspecified atom stereocenters. The number of nitrogens with zero attached hydrogens (tertiary/aromatic N) is 2. The number of nitrogens with one attached hydrogen (secondary N) is 1. The van der Waals surface area contributed by atoms with E-state index in [1.165, 1.54) is 6.33 Å². The Morgan fingerprint density at radius 1 is 1.29 bits per heavy atom. The van der Waals surface area contributed by atoms with Crippen molar-refractivity contribution in [1.82, 2.24) is 15.0 Å². The van der Waals surface area contributed by atoms with Crippen molar-refractivity contribution >= 4 is 21.8 Å². The smallest absolute Gasteiger partial charge is 0.189 e. The molecule has 0 fully saturated rings. The highest BCUT2D eigenvalue weighted by atomic mass is 16.3. The molecule has 4 heteroatoms. The number of hydrogen-bond donors (Lipinski definition) is 2. The largest absolute Gasteiger partial charge is 0.495 e. The minimum absolute atomic E-state index is 0.163.